The lowest BCUT2D eigenvalue weighted by atomic mass is 9.84. The van der Waals surface area contributed by atoms with Crippen LogP contribution >= 0.6 is 0 Å². The van der Waals surface area contributed by atoms with Crippen molar-refractivity contribution in [2.75, 3.05) is 55.6 Å². The Hall–Kier alpha value is -6.57. The molecule has 0 radical (unpaired) electrons. The smallest absolute Gasteiger partial charge is 0.246 e. The molecule has 16 heteroatoms. The van der Waals surface area contributed by atoms with Crippen molar-refractivity contribution < 1.29 is 24.6 Å². The molecule has 0 bridgehead atoms. The zero-order valence-electron chi connectivity index (χ0n) is 39.5. The highest BCUT2D eigenvalue weighted by Gasteiger charge is 2.45. The quantitative estimate of drug-likeness (QED) is 0.112. The van der Waals surface area contributed by atoms with Crippen molar-refractivity contribution in [3.05, 3.63) is 89.4 Å². The third kappa shape index (κ3) is 9.86. The van der Waals surface area contributed by atoms with Crippen LogP contribution in [0.15, 0.2) is 67.0 Å². The summed E-state index contributed by atoms with van der Waals surface area (Å²) >= 11 is 0. The van der Waals surface area contributed by atoms with E-state index in [0.29, 0.717) is 36.0 Å². The maximum absolute atomic E-state index is 14.2. The Kier molecular flexibility index (Phi) is 13.4. The fraction of sp³-hybridized carbons (Fsp3) is 0.481. The molecule has 3 saturated heterocycles. The number of likely N-dealkylation sites (tertiary alicyclic amines) is 2. The second-order valence-electron chi connectivity index (χ2n) is 20.2. The molecular formula is C52H63N11O5. The van der Waals surface area contributed by atoms with E-state index in [1.807, 2.05) is 75.6 Å². The molecule has 4 atom stereocenters. The van der Waals surface area contributed by atoms with Gasteiger partial charge in [0.2, 0.25) is 23.7 Å². The van der Waals surface area contributed by atoms with Gasteiger partial charge in [0.1, 0.15) is 17.8 Å². The van der Waals surface area contributed by atoms with Crippen LogP contribution in [-0.4, -0.2) is 127 Å². The number of aromatic nitrogens is 5. The molecule has 16 nitrogen and oxygen atoms in total. The lowest BCUT2D eigenvalue weighted by molar-refractivity contribution is -0.144. The normalized spacial score (nSPS) is 21.1. The van der Waals surface area contributed by atoms with E-state index in [-0.39, 0.29) is 54.9 Å². The largest absolute Gasteiger partial charge is 0.507 e. The highest BCUT2D eigenvalue weighted by molar-refractivity contribution is 5.93. The summed E-state index contributed by atoms with van der Waals surface area (Å²) in [5.74, 6) is 2.94. The number of amides is 3. The monoisotopic (exact) mass is 922 g/mol. The third-order valence-electron chi connectivity index (χ3n) is 14.5. The third-order valence-corrected chi connectivity index (χ3v) is 14.5. The van der Waals surface area contributed by atoms with Crippen molar-refractivity contribution >= 4 is 40.4 Å². The molecule has 0 spiro atoms. The number of benzene rings is 2. The number of nitrogens with zero attached hydrogens (tertiary/aromatic N) is 8. The van der Waals surface area contributed by atoms with Crippen LogP contribution in [0, 0.1) is 29.6 Å². The van der Waals surface area contributed by atoms with Crippen LogP contribution in [0.4, 0.5) is 11.6 Å². The summed E-state index contributed by atoms with van der Waals surface area (Å²) in [5.41, 5.74) is 6.30. The first-order valence-corrected chi connectivity index (χ1v) is 24.1. The van der Waals surface area contributed by atoms with Gasteiger partial charge in [0.25, 0.3) is 0 Å². The van der Waals surface area contributed by atoms with Gasteiger partial charge in [-0.2, -0.15) is 0 Å². The van der Waals surface area contributed by atoms with Crippen LogP contribution in [0.5, 0.6) is 5.75 Å². The number of aliphatic hydroxyl groups excluding tert-OH is 1. The summed E-state index contributed by atoms with van der Waals surface area (Å²) in [5, 5.41) is 37.0. The molecule has 356 valence electrons. The van der Waals surface area contributed by atoms with Gasteiger partial charge in [-0.05, 0) is 92.9 Å². The number of phenolic OH excluding ortho intramolecular Hbond substituents is 1. The van der Waals surface area contributed by atoms with Crippen LogP contribution in [0.3, 0.4) is 0 Å². The second kappa shape index (κ2) is 19.6. The zero-order valence-corrected chi connectivity index (χ0v) is 39.5. The van der Waals surface area contributed by atoms with E-state index in [2.05, 4.69) is 53.4 Å². The Balaban J connectivity index is 0.740. The van der Waals surface area contributed by atoms with Crippen molar-refractivity contribution in [3.8, 4) is 29.4 Å². The summed E-state index contributed by atoms with van der Waals surface area (Å²) in [4.78, 5) is 63.2. The number of anilines is 2. The molecule has 0 aliphatic carbocycles. The number of H-pyrrole nitrogens is 1. The minimum absolute atomic E-state index is 0.000702. The summed E-state index contributed by atoms with van der Waals surface area (Å²) in [6.07, 6.45) is 13.0. The van der Waals surface area contributed by atoms with Crippen molar-refractivity contribution in [2.24, 2.45) is 17.3 Å². The van der Waals surface area contributed by atoms with Gasteiger partial charge < -0.3 is 45.4 Å². The van der Waals surface area contributed by atoms with Crippen molar-refractivity contribution in [3.63, 3.8) is 0 Å². The first kappa shape index (κ1) is 46.5. The summed E-state index contributed by atoms with van der Waals surface area (Å²) in [6.45, 7) is 13.4. The van der Waals surface area contributed by atoms with Crippen LogP contribution < -0.4 is 20.4 Å². The molecule has 4 aliphatic heterocycles. The Morgan fingerprint density at radius 3 is 2.35 bits per heavy atom. The van der Waals surface area contributed by atoms with Crippen LogP contribution in [0.2, 0.25) is 0 Å². The molecule has 7 heterocycles. The fourth-order valence-electron chi connectivity index (χ4n) is 10.6. The van der Waals surface area contributed by atoms with Gasteiger partial charge in [0.15, 0.2) is 5.65 Å². The molecule has 0 saturated carbocycles. The molecule has 5 N–H and O–H groups in total. The Morgan fingerprint density at radius 1 is 0.941 bits per heavy atom. The molecule has 4 aliphatic rings. The van der Waals surface area contributed by atoms with E-state index in [4.69, 9.17) is 16.4 Å². The Labute approximate surface area is 397 Å². The molecule has 3 fully saturated rings. The van der Waals surface area contributed by atoms with Gasteiger partial charge in [-0.1, -0.05) is 51.0 Å². The lowest BCUT2D eigenvalue weighted by Gasteiger charge is -2.39. The Morgan fingerprint density at radius 2 is 1.66 bits per heavy atom. The van der Waals surface area contributed by atoms with Gasteiger partial charge in [-0.15, -0.1) is 16.6 Å². The first-order valence-electron chi connectivity index (χ1n) is 24.1. The number of hydrogen-bond acceptors (Lipinski definition) is 12. The number of phenols is 1. The topological polar surface area (TPSA) is 196 Å². The molecule has 9 rings (SSSR count). The van der Waals surface area contributed by atoms with Gasteiger partial charge in [-0.25, -0.2) is 9.97 Å². The fourth-order valence-corrected chi connectivity index (χ4v) is 10.6. The lowest BCUT2D eigenvalue weighted by Crippen LogP contribution is -2.58. The maximum atomic E-state index is 14.2. The SMILES string of the molecule is C#Cc1ccc(CNC(=O)[C@@H]2C[C@@H](O)CN2C(=O)[C@@H](NC(=O)C2CCN(CC3CCN(c4cnc(N5CCc6[nH]c7nnc(-c8ccccc8O)cc7c6[C@@H]5C)nc4)CC3)CC2)C(C)(C)C)cc1. The maximum Gasteiger partial charge on any atom is 0.246 e. The van der Waals surface area contributed by atoms with Crippen LogP contribution in [-0.2, 0) is 27.3 Å². The number of aliphatic hydroxyl groups is 1. The van der Waals surface area contributed by atoms with E-state index >= 15 is 0 Å². The van der Waals surface area contributed by atoms with E-state index in [0.717, 1.165) is 97.6 Å². The number of terminal acetylenes is 1. The molecule has 68 heavy (non-hydrogen) atoms. The average Bonchev–Trinajstić information content (AvgIpc) is 3.93. The molecule has 2 aromatic carbocycles. The predicted octanol–water partition coefficient (Wildman–Crippen LogP) is 4.96. The molecule has 3 amide bonds. The minimum Gasteiger partial charge on any atom is -0.507 e. The van der Waals surface area contributed by atoms with E-state index in [9.17, 15) is 24.6 Å². The number of para-hydroxylation sites is 1. The number of rotatable bonds is 11. The van der Waals surface area contributed by atoms with E-state index in [1.165, 1.54) is 4.90 Å². The molecule has 3 aromatic heterocycles. The minimum atomic E-state index is -0.860. The number of nitrogens with one attached hydrogen (secondary N) is 3. The van der Waals surface area contributed by atoms with Crippen molar-refractivity contribution in [1.29, 1.82) is 0 Å². The molecule has 5 aromatic rings. The number of carbonyl (C=O) groups is 3. The highest BCUT2D eigenvalue weighted by atomic mass is 16.3. The molecule has 0 unspecified atom stereocenters. The number of aromatic hydroxyl groups is 1. The van der Waals surface area contributed by atoms with Crippen LogP contribution in [0.1, 0.15) is 88.2 Å². The number of β-amino-alcohol motifs (C(OH)–C–C–N with tert-alkyl or cyclic N) is 1. The summed E-state index contributed by atoms with van der Waals surface area (Å²) in [6, 6.07) is 14.8. The summed E-state index contributed by atoms with van der Waals surface area (Å²) in [7, 11) is 0. The number of fused-ring (bicyclic) bond motifs is 3. The second-order valence-corrected chi connectivity index (χ2v) is 20.2. The van der Waals surface area contributed by atoms with Crippen LogP contribution in [0.25, 0.3) is 22.3 Å². The number of piperidine rings is 2. The Bertz CT molecular complexity index is 2660. The highest BCUT2D eigenvalue weighted by Crippen LogP contribution is 2.39. The van der Waals surface area contributed by atoms with E-state index < -0.39 is 23.6 Å². The molecular weight excluding hydrogens is 859 g/mol. The van der Waals surface area contributed by atoms with E-state index in [1.54, 1.807) is 12.1 Å². The first-order chi connectivity index (χ1) is 32.7. The van der Waals surface area contributed by atoms with Crippen molar-refractivity contribution in [1.82, 2.24) is 45.6 Å². The van der Waals surface area contributed by atoms with Gasteiger partial charge in [-0.3, -0.25) is 14.4 Å². The standard InChI is InChI=1S/C52H63N11O5/c1-6-33-11-13-34(14-12-33)27-53-49(67)43-25-38(64)31-63(43)50(68)46(52(3,4)5)57-48(66)36-17-20-60(21-18-36)30-35-15-22-61(23-16-35)37-28-54-51(55-29-37)62-24-19-41-45(32(62)2)40-26-42(58-59-47(40)56-41)39-9-7-8-10-44(39)65/h1,7-14,26,28-29,32,35-36,38,43,46,64-65H,15-25,27,30-31H2,2-5H3,(H,53,67)(H,56,59)(H,57,66)/t32-,38+,43-,46+/m0/s1. The van der Waals surface area contributed by atoms with Gasteiger partial charge in [0.05, 0.1) is 35.9 Å². The van der Waals surface area contributed by atoms with Gasteiger partial charge >= 0.3 is 0 Å². The van der Waals surface area contributed by atoms with Gasteiger partial charge in [0, 0.05) is 85.8 Å². The average molecular weight is 922 g/mol. The predicted molar refractivity (Wildman–Crippen MR) is 260 cm³/mol. The number of hydrogen-bond donors (Lipinski definition) is 5. The summed E-state index contributed by atoms with van der Waals surface area (Å²) < 4.78 is 0. The number of aromatic amines is 1. The number of carbonyl (C=O) groups excluding carboxylic acids is 3. The van der Waals surface area contributed by atoms with Crippen molar-refractivity contribution in [2.45, 2.75) is 97.0 Å². The zero-order chi connectivity index (χ0) is 47.7.